The lowest BCUT2D eigenvalue weighted by molar-refractivity contribution is -0.384. The molecule has 0 aromatic heterocycles. The van der Waals surface area contributed by atoms with Gasteiger partial charge in [-0.25, -0.2) is 0 Å². The minimum Gasteiger partial charge on any atom is -0.258 e. The average Bonchev–Trinajstić information content (AvgIpc) is 2.38. The van der Waals surface area contributed by atoms with E-state index in [1.807, 2.05) is 24.3 Å². The Bertz CT molecular complexity index is 612. The van der Waals surface area contributed by atoms with Crippen LogP contribution in [0.2, 0.25) is 0 Å². The molecule has 0 bridgehead atoms. The number of hydrogen-bond donors (Lipinski definition) is 0. The zero-order valence-corrected chi connectivity index (χ0v) is 11.4. The van der Waals surface area contributed by atoms with E-state index >= 15 is 0 Å². The Kier molecular flexibility index (Phi) is 3.38. The molecular weight excluding hydrogens is 238 g/mol. The van der Waals surface area contributed by atoms with Crippen LogP contribution in [0.25, 0.3) is 11.1 Å². The molecule has 98 valence electrons. The number of nitrogens with zero attached hydrogens (tertiary/aromatic N) is 1. The van der Waals surface area contributed by atoms with Crippen LogP contribution in [-0.2, 0) is 5.41 Å². The molecule has 0 aliphatic heterocycles. The maximum absolute atomic E-state index is 10.9. The van der Waals surface area contributed by atoms with Gasteiger partial charge < -0.3 is 0 Å². The Morgan fingerprint density at radius 3 is 2.32 bits per heavy atom. The Balaban J connectivity index is 2.60. The van der Waals surface area contributed by atoms with Crippen molar-refractivity contribution in [2.75, 3.05) is 0 Å². The summed E-state index contributed by atoms with van der Waals surface area (Å²) < 4.78 is 0. The van der Waals surface area contributed by atoms with Crippen molar-refractivity contribution in [3.63, 3.8) is 0 Å². The lowest BCUT2D eigenvalue weighted by atomic mass is 9.82. The Morgan fingerprint density at radius 2 is 1.68 bits per heavy atom. The minimum atomic E-state index is -0.358. The van der Waals surface area contributed by atoms with Crippen molar-refractivity contribution in [2.24, 2.45) is 0 Å². The molecule has 3 nitrogen and oxygen atoms in total. The average molecular weight is 255 g/mol. The summed E-state index contributed by atoms with van der Waals surface area (Å²) in [4.78, 5) is 10.5. The summed E-state index contributed by atoms with van der Waals surface area (Å²) in [5.41, 5.74) is 3.26. The van der Waals surface area contributed by atoms with Gasteiger partial charge in [-0.1, -0.05) is 57.2 Å². The first-order valence-electron chi connectivity index (χ1n) is 6.24. The molecule has 0 radical (unpaired) electrons. The summed E-state index contributed by atoms with van der Waals surface area (Å²) in [5, 5.41) is 10.9. The Labute approximate surface area is 113 Å². The van der Waals surface area contributed by atoms with Gasteiger partial charge in [-0.2, -0.15) is 0 Å². The molecule has 0 unspecified atom stereocenters. The molecule has 0 aliphatic carbocycles. The van der Waals surface area contributed by atoms with Crippen LogP contribution in [0.1, 0.15) is 26.3 Å². The summed E-state index contributed by atoms with van der Waals surface area (Å²) in [6, 6.07) is 14.8. The van der Waals surface area contributed by atoms with E-state index in [1.165, 1.54) is 11.6 Å². The van der Waals surface area contributed by atoms with Crippen molar-refractivity contribution in [3.8, 4) is 11.1 Å². The number of nitro groups is 1. The van der Waals surface area contributed by atoms with Crippen LogP contribution in [-0.4, -0.2) is 4.92 Å². The Hall–Kier alpha value is -2.16. The largest absolute Gasteiger partial charge is 0.270 e. The molecule has 2 aromatic rings. The highest BCUT2D eigenvalue weighted by atomic mass is 16.6. The molecule has 0 fully saturated rings. The van der Waals surface area contributed by atoms with E-state index in [0.717, 1.165) is 11.1 Å². The van der Waals surface area contributed by atoms with Crippen molar-refractivity contribution in [3.05, 3.63) is 64.2 Å². The van der Waals surface area contributed by atoms with Crippen molar-refractivity contribution >= 4 is 5.69 Å². The second-order valence-electron chi connectivity index (χ2n) is 5.60. The van der Waals surface area contributed by atoms with Gasteiger partial charge in [-0.05, 0) is 22.1 Å². The van der Waals surface area contributed by atoms with Crippen LogP contribution in [0.4, 0.5) is 5.69 Å². The molecule has 3 heteroatoms. The number of hydrogen-bond acceptors (Lipinski definition) is 2. The first-order chi connectivity index (χ1) is 8.89. The number of rotatable bonds is 2. The van der Waals surface area contributed by atoms with Crippen LogP contribution < -0.4 is 0 Å². The molecule has 0 spiro atoms. The smallest absolute Gasteiger partial charge is 0.258 e. The van der Waals surface area contributed by atoms with Gasteiger partial charge in [0.15, 0.2) is 0 Å². The highest BCUT2D eigenvalue weighted by molar-refractivity contribution is 5.70. The summed E-state index contributed by atoms with van der Waals surface area (Å²) in [6.45, 7) is 6.43. The molecule has 0 saturated carbocycles. The standard InChI is InChI=1S/C16H17NO2/c1-16(2,3)15-10-5-4-9-14(15)12-7-6-8-13(11-12)17(18)19/h4-11H,1-3H3. The molecule has 0 amide bonds. The van der Waals surface area contributed by atoms with Crippen LogP contribution in [0.3, 0.4) is 0 Å². The fraction of sp³-hybridized carbons (Fsp3) is 0.250. The van der Waals surface area contributed by atoms with Gasteiger partial charge in [0, 0.05) is 12.1 Å². The van der Waals surface area contributed by atoms with Gasteiger partial charge in [-0.3, -0.25) is 10.1 Å². The molecule has 0 saturated heterocycles. The molecule has 19 heavy (non-hydrogen) atoms. The summed E-state index contributed by atoms with van der Waals surface area (Å²) in [6.07, 6.45) is 0. The van der Waals surface area contributed by atoms with E-state index in [2.05, 4.69) is 26.8 Å². The fourth-order valence-electron chi connectivity index (χ4n) is 2.18. The van der Waals surface area contributed by atoms with Gasteiger partial charge in [0.1, 0.15) is 0 Å². The molecule has 0 aliphatic rings. The second kappa shape index (κ2) is 4.84. The van der Waals surface area contributed by atoms with E-state index in [9.17, 15) is 10.1 Å². The predicted octanol–water partition coefficient (Wildman–Crippen LogP) is 4.56. The zero-order chi connectivity index (χ0) is 14.0. The van der Waals surface area contributed by atoms with Crippen molar-refractivity contribution < 1.29 is 4.92 Å². The maximum Gasteiger partial charge on any atom is 0.270 e. The number of non-ortho nitro benzene ring substituents is 1. The van der Waals surface area contributed by atoms with Crippen LogP contribution in [0.15, 0.2) is 48.5 Å². The number of benzene rings is 2. The van der Waals surface area contributed by atoms with Crippen molar-refractivity contribution in [2.45, 2.75) is 26.2 Å². The first-order valence-corrected chi connectivity index (χ1v) is 6.24. The lowest BCUT2D eigenvalue weighted by Gasteiger charge is -2.23. The van der Waals surface area contributed by atoms with Crippen LogP contribution in [0, 0.1) is 10.1 Å². The molecular formula is C16H17NO2. The van der Waals surface area contributed by atoms with Gasteiger partial charge in [0.05, 0.1) is 4.92 Å². The van der Waals surface area contributed by atoms with Crippen LogP contribution >= 0.6 is 0 Å². The molecule has 0 N–H and O–H groups in total. The quantitative estimate of drug-likeness (QED) is 0.583. The third kappa shape index (κ3) is 2.81. The van der Waals surface area contributed by atoms with Crippen LogP contribution in [0.5, 0.6) is 0 Å². The minimum absolute atomic E-state index is 0.00120. The third-order valence-electron chi connectivity index (χ3n) is 3.10. The monoisotopic (exact) mass is 255 g/mol. The molecule has 0 atom stereocenters. The van der Waals surface area contributed by atoms with Gasteiger partial charge in [-0.15, -0.1) is 0 Å². The third-order valence-corrected chi connectivity index (χ3v) is 3.10. The summed E-state index contributed by atoms with van der Waals surface area (Å²) in [5.74, 6) is 0. The van der Waals surface area contributed by atoms with E-state index in [0.29, 0.717) is 0 Å². The molecule has 2 rings (SSSR count). The lowest BCUT2D eigenvalue weighted by Crippen LogP contribution is -2.12. The topological polar surface area (TPSA) is 43.1 Å². The van der Waals surface area contributed by atoms with Crippen molar-refractivity contribution in [1.82, 2.24) is 0 Å². The second-order valence-corrected chi connectivity index (χ2v) is 5.60. The molecule has 2 aromatic carbocycles. The fourth-order valence-corrected chi connectivity index (χ4v) is 2.18. The highest BCUT2D eigenvalue weighted by Crippen LogP contribution is 2.33. The van der Waals surface area contributed by atoms with Gasteiger partial charge >= 0.3 is 0 Å². The summed E-state index contributed by atoms with van der Waals surface area (Å²) in [7, 11) is 0. The highest BCUT2D eigenvalue weighted by Gasteiger charge is 2.19. The maximum atomic E-state index is 10.9. The van der Waals surface area contributed by atoms with Gasteiger partial charge in [0.2, 0.25) is 0 Å². The SMILES string of the molecule is CC(C)(C)c1ccccc1-c1cccc([N+](=O)[O-])c1. The van der Waals surface area contributed by atoms with E-state index < -0.39 is 0 Å². The number of nitro benzene ring substituents is 1. The van der Waals surface area contributed by atoms with E-state index in [4.69, 9.17) is 0 Å². The zero-order valence-electron chi connectivity index (χ0n) is 11.4. The van der Waals surface area contributed by atoms with Gasteiger partial charge in [0.25, 0.3) is 5.69 Å². The normalized spacial score (nSPS) is 11.3. The van der Waals surface area contributed by atoms with E-state index in [-0.39, 0.29) is 16.0 Å². The Morgan fingerprint density at radius 1 is 1.00 bits per heavy atom. The molecule has 0 heterocycles. The summed E-state index contributed by atoms with van der Waals surface area (Å²) >= 11 is 0. The predicted molar refractivity (Wildman–Crippen MR) is 77.2 cm³/mol. The van der Waals surface area contributed by atoms with Crippen molar-refractivity contribution in [1.29, 1.82) is 0 Å². The van der Waals surface area contributed by atoms with E-state index in [1.54, 1.807) is 12.1 Å². The first kappa shape index (κ1) is 13.3.